The Morgan fingerprint density at radius 2 is 1.74 bits per heavy atom. The SMILES string of the molecule is COC(=O)C1CN(CCNc2ccc(Cc3nccc(Nc4ccnc(-c5cccc(C)n5)n4)n3)cc2)CCN1C(C)C. The van der Waals surface area contributed by atoms with Crippen molar-refractivity contribution in [3.8, 4) is 11.5 Å². The zero-order valence-corrected chi connectivity index (χ0v) is 25.2. The van der Waals surface area contributed by atoms with Crippen LogP contribution in [0.3, 0.4) is 0 Å². The summed E-state index contributed by atoms with van der Waals surface area (Å²) in [6.07, 6.45) is 4.06. The molecule has 2 N–H and O–H groups in total. The second-order valence-electron chi connectivity index (χ2n) is 10.9. The monoisotopic (exact) mass is 581 g/mol. The lowest BCUT2D eigenvalue weighted by Crippen LogP contribution is -2.59. The van der Waals surface area contributed by atoms with Crippen LogP contribution in [-0.4, -0.2) is 92.6 Å². The third-order valence-corrected chi connectivity index (χ3v) is 7.45. The van der Waals surface area contributed by atoms with Crippen LogP contribution in [0, 0.1) is 6.92 Å². The number of nitrogens with zero attached hydrogens (tertiary/aromatic N) is 7. The van der Waals surface area contributed by atoms with E-state index < -0.39 is 0 Å². The Morgan fingerprint density at radius 1 is 0.977 bits per heavy atom. The number of pyridine rings is 1. The Morgan fingerprint density at radius 3 is 2.49 bits per heavy atom. The number of aryl methyl sites for hydroxylation is 1. The predicted molar refractivity (Wildman–Crippen MR) is 167 cm³/mol. The molecule has 0 radical (unpaired) electrons. The number of ether oxygens (including phenoxy) is 1. The molecule has 1 atom stereocenters. The number of rotatable bonds is 11. The topological polar surface area (TPSA) is 121 Å². The summed E-state index contributed by atoms with van der Waals surface area (Å²) in [7, 11) is 1.46. The predicted octanol–water partition coefficient (Wildman–Crippen LogP) is 3.95. The minimum Gasteiger partial charge on any atom is -0.468 e. The van der Waals surface area contributed by atoms with Gasteiger partial charge in [-0.05, 0) is 62.7 Å². The lowest BCUT2D eigenvalue weighted by atomic mass is 10.1. The van der Waals surface area contributed by atoms with Crippen LogP contribution in [0.5, 0.6) is 0 Å². The first-order valence-electron chi connectivity index (χ1n) is 14.6. The smallest absolute Gasteiger partial charge is 0.324 e. The molecule has 0 saturated carbocycles. The molecular weight excluding hydrogens is 542 g/mol. The minimum atomic E-state index is -0.219. The number of esters is 1. The van der Waals surface area contributed by atoms with Crippen molar-refractivity contribution in [2.24, 2.45) is 0 Å². The summed E-state index contributed by atoms with van der Waals surface area (Å²) in [6, 6.07) is 17.8. The van der Waals surface area contributed by atoms with Crippen LogP contribution in [0.4, 0.5) is 17.3 Å². The summed E-state index contributed by atoms with van der Waals surface area (Å²) in [4.78, 5) is 39.5. The molecular formula is C32H39N9O2. The maximum atomic E-state index is 12.3. The fraction of sp³-hybridized carbons (Fsp3) is 0.375. The molecule has 4 heterocycles. The Labute approximate surface area is 252 Å². The lowest BCUT2D eigenvalue weighted by Gasteiger charge is -2.42. The van der Waals surface area contributed by atoms with Gasteiger partial charge in [0.05, 0.1) is 7.11 Å². The first kappa shape index (κ1) is 30.0. The highest BCUT2D eigenvalue weighted by Crippen LogP contribution is 2.19. The van der Waals surface area contributed by atoms with Crippen molar-refractivity contribution < 1.29 is 9.53 Å². The highest BCUT2D eigenvalue weighted by Gasteiger charge is 2.34. The summed E-state index contributed by atoms with van der Waals surface area (Å²) < 4.78 is 5.06. The number of benzene rings is 1. The molecule has 1 saturated heterocycles. The quantitative estimate of drug-likeness (QED) is 0.251. The number of carbonyl (C=O) groups excluding carboxylic acids is 1. The van der Waals surface area contributed by atoms with Crippen molar-refractivity contribution in [2.45, 2.75) is 39.3 Å². The molecule has 1 unspecified atom stereocenters. The number of carbonyl (C=O) groups is 1. The van der Waals surface area contributed by atoms with Crippen molar-refractivity contribution in [1.29, 1.82) is 0 Å². The van der Waals surface area contributed by atoms with Crippen LogP contribution in [0.25, 0.3) is 11.5 Å². The number of anilines is 3. The molecule has 0 spiro atoms. The van der Waals surface area contributed by atoms with E-state index in [1.165, 1.54) is 7.11 Å². The van der Waals surface area contributed by atoms with Crippen LogP contribution < -0.4 is 10.6 Å². The van der Waals surface area contributed by atoms with Gasteiger partial charge in [0.15, 0.2) is 5.82 Å². The van der Waals surface area contributed by atoms with Gasteiger partial charge >= 0.3 is 5.97 Å². The van der Waals surface area contributed by atoms with E-state index in [-0.39, 0.29) is 12.0 Å². The lowest BCUT2D eigenvalue weighted by molar-refractivity contribution is -0.150. The minimum absolute atomic E-state index is 0.161. The molecule has 43 heavy (non-hydrogen) atoms. The molecule has 4 aromatic rings. The molecule has 3 aromatic heterocycles. The summed E-state index contributed by atoms with van der Waals surface area (Å²) in [5.41, 5.74) is 3.80. The summed E-state index contributed by atoms with van der Waals surface area (Å²) in [5, 5.41) is 6.76. The third-order valence-electron chi connectivity index (χ3n) is 7.45. The Kier molecular flexibility index (Phi) is 9.85. The zero-order chi connectivity index (χ0) is 30.2. The molecule has 0 aliphatic carbocycles. The number of piperazine rings is 1. The maximum absolute atomic E-state index is 12.3. The number of methoxy groups -OCH3 is 1. The largest absolute Gasteiger partial charge is 0.468 e. The summed E-state index contributed by atoms with van der Waals surface area (Å²) in [5.74, 6) is 2.40. The van der Waals surface area contributed by atoms with Crippen molar-refractivity contribution in [2.75, 3.05) is 50.5 Å². The van der Waals surface area contributed by atoms with Gasteiger partial charge in [0.1, 0.15) is 29.2 Å². The van der Waals surface area contributed by atoms with Crippen LogP contribution in [-0.2, 0) is 16.0 Å². The van der Waals surface area contributed by atoms with Crippen LogP contribution in [0.2, 0.25) is 0 Å². The van der Waals surface area contributed by atoms with E-state index in [0.717, 1.165) is 48.8 Å². The molecule has 1 aromatic carbocycles. The van der Waals surface area contributed by atoms with Gasteiger partial charge in [-0.2, -0.15) is 0 Å². The molecule has 11 heteroatoms. The Balaban J connectivity index is 1.13. The van der Waals surface area contributed by atoms with E-state index in [1.807, 2.05) is 31.2 Å². The van der Waals surface area contributed by atoms with Crippen molar-refractivity contribution in [3.63, 3.8) is 0 Å². The van der Waals surface area contributed by atoms with E-state index in [9.17, 15) is 4.79 Å². The average molecular weight is 582 g/mol. The first-order valence-corrected chi connectivity index (χ1v) is 14.6. The van der Waals surface area contributed by atoms with Gasteiger partial charge in [-0.15, -0.1) is 0 Å². The Bertz CT molecular complexity index is 1510. The van der Waals surface area contributed by atoms with Crippen molar-refractivity contribution >= 4 is 23.3 Å². The zero-order valence-electron chi connectivity index (χ0n) is 25.2. The van der Waals surface area contributed by atoms with Crippen LogP contribution in [0.15, 0.2) is 67.0 Å². The number of hydrogen-bond acceptors (Lipinski definition) is 11. The van der Waals surface area contributed by atoms with Gasteiger partial charge < -0.3 is 15.4 Å². The van der Waals surface area contributed by atoms with Crippen LogP contribution >= 0.6 is 0 Å². The number of hydrogen-bond donors (Lipinski definition) is 2. The molecule has 1 aliphatic rings. The number of aromatic nitrogens is 5. The van der Waals surface area contributed by atoms with E-state index in [2.05, 4.69) is 83.5 Å². The standard InChI is InChI=1S/C32H39N9O2/c1-22(2)41-19-18-40(21-27(41)32(42)43-4)17-16-33-25-10-8-24(9-11-25)20-30-34-14-12-28(38-30)37-29-13-15-35-31(39-29)26-7-5-6-23(3)36-26/h5-15,22,27,33H,16-21H2,1-4H3,(H,34,35,37,38,39). The number of nitrogens with one attached hydrogen (secondary N) is 2. The van der Waals surface area contributed by atoms with E-state index in [1.54, 1.807) is 18.5 Å². The maximum Gasteiger partial charge on any atom is 0.324 e. The summed E-state index contributed by atoms with van der Waals surface area (Å²) >= 11 is 0. The summed E-state index contributed by atoms with van der Waals surface area (Å²) in [6.45, 7) is 10.3. The van der Waals surface area contributed by atoms with Gasteiger partial charge in [0, 0.05) is 69.0 Å². The normalized spacial score (nSPS) is 15.8. The highest BCUT2D eigenvalue weighted by molar-refractivity contribution is 5.76. The van der Waals surface area contributed by atoms with E-state index in [0.29, 0.717) is 42.3 Å². The molecule has 224 valence electrons. The molecule has 1 fully saturated rings. The van der Waals surface area contributed by atoms with E-state index >= 15 is 0 Å². The molecule has 1 aliphatic heterocycles. The first-order chi connectivity index (χ1) is 20.9. The van der Waals surface area contributed by atoms with Gasteiger partial charge in [-0.3, -0.25) is 14.6 Å². The Hall–Kier alpha value is -4.48. The van der Waals surface area contributed by atoms with Crippen molar-refractivity contribution in [3.05, 3.63) is 84.1 Å². The second-order valence-corrected chi connectivity index (χ2v) is 10.9. The van der Waals surface area contributed by atoms with Crippen LogP contribution in [0.1, 0.15) is 30.9 Å². The second kappa shape index (κ2) is 14.1. The van der Waals surface area contributed by atoms with Gasteiger partial charge in [-0.25, -0.2) is 24.9 Å². The molecule has 0 bridgehead atoms. The van der Waals surface area contributed by atoms with Crippen molar-refractivity contribution in [1.82, 2.24) is 34.7 Å². The average Bonchev–Trinajstić information content (AvgIpc) is 3.02. The van der Waals surface area contributed by atoms with Gasteiger partial charge in [0.2, 0.25) is 0 Å². The fourth-order valence-corrected chi connectivity index (χ4v) is 5.21. The van der Waals surface area contributed by atoms with Gasteiger partial charge in [0.25, 0.3) is 0 Å². The van der Waals surface area contributed by atoms with E-state index in [4.69, 9.17) is 4.74 Å². The van der Waals surface area contributed by atoms with Gasteiger partial charge in [-0.1, -0.05) is 18.2 Å². The highest BCUT2D eigenvalue weighted by atomic mass is 16.5. The molecule has 11 nitrogen and oxygen atoms in total. The molecule has 5 rings (SSSR count). The molecule has 0 amide bonds. The third kappa shape index (κ3) is 8.08. The fourth-order valence-electron chi connectivity index (χ4n) is 5.21.